The first-order valence-corrected chi connectivity index (χ1v) is 5.15. The van der Waals surface area contributed by atoms with Crippen LogP contribution in [-0.2, 0) is 6.42 Å². The van der Waals surface area contributed by atoms with Crippen LogP contribution in [0.4, 0.5) is 4.39 Å². The normalized spacial score (nSPS) is 12.5. The lowest BCUT2D eigenvalue weighted by Crippen LogP contribution is -2.10. The lowest BCUT2D eigenvalue weighted by atomic mass is 10.0. The van der Waals surface area contributed by atoms with E-state index >= 15 is 0 Å². The van der Waals surface area contributed by atoms with Crippen molar-refractivity contribution in [3.63, 3.8) is 0 Å². The Morgan fingerprint density at radius 2 is 2.27 bits per heavy atom. The molecule has 2 heteroatoms. The van der Waals surface area contributed by atoms with E-state index in [2.05, 4.69) is 6.58 Å². The van der Waals surface area contributed by atoms with Crippen molar-refractivity contribution in [1.82, 2.24) is 0 Å². The Hall–Kier alpha value is -1.15. The van der Waals surface area contributed by atoms with E-state index in [0.717, 1.165) is 17.6 Å². The van der Waals surface area contributed by atoms with Crippen molar-refractivity contribution in [1.29, 1.82) is 0 Å². The van der Waals surface area contributed by atoms with Crippen LogP contribution in [0.1, 0.15) is 25.3 Å². The molecule has 0 aliphatic heterocycles. The topological polar surface area (TPSA) is 20.2 Å². The van der Waals surface area contributed by atoms with Crippen LogP contribution in [0.3, 0.4) is 0 Å². The Bertz CT molecular complexity index is 333. The highest BCUT2D eigenvalue weighted by Crippen LogP contribution is 2.11. The third kappa shape index (κ3) is 4.75. The van der Waals surface area contributed by atoms with Crippen molar-refractivity contribution in [3.8, 4) is 0 Å². The van der Waals surface area contributed by atoms with E-state index in [1.807, 2.05) is 13.0 Å². The van der Waals surface area contributed by atoms with Crippen molar-refractivity contribution in [3.05, 3.63) is 47.8 Å². The number of allylic oxidation sites excluding steroid dienone is 1. The largest absolute Gasteiger partial charge is 0.393 e. The molecule has 1 aromatic carbocycles. The second-order valence-corrected chi connectivity index (χ2v) is 3.98. The van der Waals surface area contributed by atoms with E-state index in [0.29, 0.717) is 12.8 Å². The van der Waals surface area contributed by atoms with Crippen molar-refractivity contribution < 1.29 is 9.50 Å². The predicted molar refractivity (Wildman–Crippen MR) is 60.2 cm³/mol. The minimum atomic E-state index is -0.413. The van der Waals surface area contributed by atoms with Gasteiger partial charge in [-0.2, -0.15) is 0 Å². The molecule has 1 nitrogen and oxygen atoms in total. The molecule has 1 rings (SSSR count). The maximum absolute atomic E-state index is 12.8. The molecule has 1 atom stereocenters. The van der Waals surface area contributed by atoms with Gasteiger partial charge in [0.15, 0.2) is 0 Å². The average molecular weight is 208 g/mol. The van der Waals surface area contributed by atoms with Crippen LogP contribution in [0.2, 0.25) is 0 Å². The van der Waals surface area contributed by atoms with Gasteiger partial charge in [0, 0.05) is 0 Å². The molecule has 0 aliphatic rings. The van der Waals surface area contributed by atoms with Gasteiger partial charge in [-0.25, -0.2) is 4.39 Å². The Labute approximate surface area is 90.3 Å². The quantitative estimate of drug-likeness (QED) is 0.737. The summed E-state index contributed by atoms with van der Waals surface area (Å²) in [4.78, 5) is 0. The van der Waals surface area contributed by atoms with E-state index in [-0.39, 0.29) is 5.82 Å². The van der Waals surface area contributed by atoms with Crippen LogP contribution in [0.5, 0.6) is 0 Å². The number of halogens is 1. The highest BCUT2D eigenvalue weighted by atomic mass is 19.1. The summed E-state index contributed by atoms with van der Waals surface area (Å²) < 4.78 is 12.8. The molecule has 1 aromatic rings. The van der Waals surface area contributed by atoms with E-state index in [1.54, 1.807) is 6.07 Å². The van der Waals surface area contributed by atoms with Crippen molar-refractivity contribution in [2.24, 2.45) is 0 Å². The summed E-state index contributed by atoms with van der Waals surface area (Å²) in [6, 6.07) is 6.36. The lowest BCUT2D eigenvalue weighted by molar-refractivity contribution is 0.165. The zero-order chi connectivity index (χ0) is 11.3. The fourth-order valence-corrected chi connectivity index (χ4v) is 1.45. The van der Waals surface area contributed by atoms with Crippen molar-refractivity contribution in [2.75, 3.05) is 0 Å². The van der Waals surface area contributed by atoms with E-state index in [4.69, 9.17) is 0 Å². The number of aliphatic hydroxyl groups is 1. The fourth-order valence-electron chi connectivity index (χ4n) is 1.45. The molecule has 0 fully saturated rings. The molecule has 0 saturated carbocycles. The summed E-state index contributed by atoms with van der Waals surface area (Å²) in [6.45, 7) is 5.72. The van der Waals surface area contributed by atoms with Gasteiger partial charge in [-0.3, -0.25) is 0 Å². The number of aliphatic hydroxyl groups excluding tert-OH is 1. The van der Waals surface area contributed by atoms with Crippen molar-refractivity contribution in [2.45, 2.75) is 32.3 Å². The minimum absolute atomic E-state index is 0.250. The zero-order valence-corrected chi connectivity index (χ0v) is 9.04. The second-order valence-electron chi connectivity index (χ2n) is 3.98. The number of rotatable bonds is 5. The summed E-state index contributed by atoms with van der Waals surface area (Å²) in [5.41, 5.74) is 1.90. The van der Waals surface area contributed by atoms with Gasteiger partial charge in [-0.1, -0.05) is 17.7 Å². The lowest BCUT2D eigenvalue weighted by Gasteiger charge is -2.10. The third-order valence-corrected chi connectivity index (χ3v) is 2.26. The van der Waals surface area contributed by atoms with Gasteiger partial charge in [0.1, 0.15) is 5.82 Å². The number of benzene rings is 1. The van der Waals surface area contributed by atoms with Gasteiger partial charge in [0.2, 0.25) is 0 Å². The first kappa shape index (κ1) is 11.9. The molecule has 0 bridgehead atoms. The zero-order valence-electron chi connectivity index (χ0n) is 9.04. The van der Waals surface area contributed by atoms with Crippen LogP contribution in [0.25, 0.3) is 0 Å². The molecule has 82 valence electrons. The van der Waals surface area contributed by atoms with Crippen molar-refractivity contribution >= 4 is 0 Å². The van der Waals surface area contributed by atoms with E-state index in [1.165, 1.54) is 12.1 Å². The second kappa shape index (κ2) is 5.66. The van der Waals surface area contributed by atoms with Crippen LogP contribution in [0, 0.1) is 5.82 Å². The Kier molecular flexibility index (Phi) is 4.50. The van der Waals surface area contributed by atoms with Gasteiger partial charge in [0.25, 0.3) is 0 Å². The van der Waals surface area contributed by atoms with Gasteiger partial charge >= 0.3 is 0 Å². The molecule has 0 saturated heterocycles. The van der Waals surface area contributed by atoms with E-state index < -0.39 is 6.10 Å². The molecule has 0 aliphatic carbocycles. The molecule has 15 heavy (non-hydrogen) atoms. The molecule has 1 unspecified atom stereocenters. The minimum Gasteiger partial charge on any atom is -0.393 e. The summed E-state index contributed by atoms with van der Waals surface area (Å²) in [5, 5.41) is 9.68. The molecular formula is C13H17FO. The van der Waals surface area contributed by atoms with Crippen LogP contribution < -0.4 is 0 Å². The summed E-state index contributed by atoms with van der Waals surface area (Å²) in [6.07, 6.45) is 1.59. The van der Waals surface area contributed by atoms with Gasteiger partial charge in [0.05, 0.1) is 6.10 Å². The maximum atomic E-state index is 12.8. The Morgan fingerprint density at radius 1 is 1.53 bits per heavy atom. The molecule has 0 heterocycles. The standard InChI is InChI=1S/C13H17FO/c1-10(2)6-7-13(15)9-11-4-3-5-12(14)8-11/h3-5,8,13,15H,1,6-7,9H2,2H3. The van der Waals surface area contributed by atoms with Crippen LogP contribution in [0.15, 0.2) is 36.4 Å². The molecule has 1 N–H and O–H groups in total. The van der Waals surface area contributed by atoms with E-state index in [9.17, 15) is 9.50 Å². The summed E-state index contributed by atoms with van der Waals surface area (Å²) in [5.74, 6) is -0.250. The monoisotopic (exact) mass is 208 g/mol. The highest BCUT2D eigenvalue weighted by molar-refractivity contribution is 5.17. The number of hydrogen-bond donors (Lipinski definition) is 1. The third-order valence-electron chi connectivity index (χ3n) is 2.26. The average Bonchev–Trinajstić information content (AvgIpc) is 2.15. The molecular weight excluding hydrogens is 191 g/mol. The fraction of sp³-hybridized carbons (Fsp3) is 0.385. The molecule has 0 aromatic heterocycles. The first-order valence-electron chi connectivity index (χ1n) is 5.15. The van der Waals surface area contributed by atoms with Gasteiger partial charge in [-0.15, -0.1) is 6.58 Å². The Balaban J connectivity index is 2.44. The van der Waals surface area contributed by atoms with Gasteiger partial charge in [-0.05, 0) is 43.9 Å². The predicted octanol–water partition coefficient (Wildman–Crippen LogP) is 3.09. The van der Waals surface area contributed by atoms with Crippen LogP contribution >= 0.6 is 0 Å². The SMILES string of the molecule is C=C(C)CCC(O)Cc1cccc(F)c1. The summed E-state index contributed by atoms with van der Waals surface area (Å²) >= 11 is 0. The molecule has 0 radical (unpaired) electrons. The smallest absolute Gasteiger partial charge is 0.123 e. The highest BCUT2D eigenvalue weighted by Gasteiger charge is 2.05. The van der Waals surface area contributed by atoms with Gasteiger partial charge < -0.3 is 5.11 Å². The molecule has 0 spiro atoms. The van der Waals surface area contributed by atoms with Crippen LogP contribution in [-0.4, -0.2) is 11.2 Å². The number of hydrogen-bond acceptors (Lipinski definition) is 1. The Morgan fingerprint density at radius 3 is 2.87 bits per heavy atom. The summed E-state index contributed by atoms with van der Waals surface area (Å²) in [7, 11) is 0. The first-order chi connectivity index (χ1) is 7.08. The molecule has 0 amide bonds. The maximum Gasteiger partial charge on any atom is 0.123 e.